The van der Waals surface area contributed by atoms with Gasteiger partial charge in [0.15, 0.2) is 0 Å². The Morgan fingerprint density at radius 2 is 2.11 bits per heavy atom. The Kier molecular flexibility index (Phi) is 4.63. The van der Waals surface area contributed by atoms with Gasteiger partial charge in [-0.25, -0.2) is 9.78 Å². The summed E-state index contributed by atoms with van der Waals surface area (Å²) in [6, 6.07) is 1.85. The summed E-state index contributed by atoms with van der Waals surface area (Å²) in [5.41, 5.74) is -0.609. The van der Waals surface area contributed by atoms with Crippen molar-refractivity contribution in [2.24, 2.45) is 0 Å². The Morgan fingerprint density at radius 1 is 1.37 bits per heavy atom. The Balaban J connectivity index is 1.45. The average molecular weight is 371 g/mol. The number of piperidine rings is 1. The molecule has 1 aliphatic carbocycles. The lowest BCUT2D eigenvalue weighted by atomic mass is 9.83. The highest BCUT2D eigenvalue weighted by Crippen LogP contribution is 2.36. The highest BCUT2D eigenvalue weighted by atomic mass is 16.4. The molecule has 1 amide bonds. The van der Waals surface area contributed by atoms with Gasteiger partial charge in [-0.3, -0.25) is 4.79 Å². The van der Waals surface area contributed by atoms with E-state index in [1.165, 1.54) is 0 Å². The lowest BCUT2D eigenvalue weighted by molar-refractivity contribution is -0.0293. The predicted molar refractivity (Wildman–Crippen MR) is 98.6 cm³/mol. The van der Waals surface area contributed by atoms with E-state index in [0.717, 1.165) is 19.3 Å². The highest BCUT2D eigenvalue weighted by molar-refractivity contribution is 5.95. The standard InChI is InChI=1S/C20H25N3O4/c1-14-11-16(15-3-2-4-15)27-19(25)17(14)18(24)23-8-5-20(26,6-9-23)12-22-10-7-21-13-22/h7,10-11,13,15,26H,2-6,8-9,12H2,1H3. The van der Waals surface area contributed by atoms with Gasteiger partial charge in [0.2, 0.25) is 0 Å². The van der Waals surface area contributed by atoms with Crippen LogP contribution in [-0.2, 0) is 6.54 Å². The normalized spacial score (nSPS) is 19.7. The number of imidazole rings is 1. The topological polar surface area (TPSA) is 88.6 Å². The molecule has 0 atom stereocenters. The first-order valence-electron chi connectivity index (χ1n) is 9.57. The van der Waals surface area contributed by atoms with Crippen LogP contribution in [0.25, 0.3) is 0 Å². The maximum Gasteiger partial charge on any atom is 0.349 e. The van der Waals surface area contributed by atoms with Gasteiger partial charge in [0, 0.05) is 31.4 Å². The first-order valence-corrected chi connectivity index (χ1v) is 9.57. The summed E-state index contributed by atoms with van der Waals surface area (Å²) in [4.78, 5) is 31.0. The van der Waals surface area contributed by atoms with Gasteiger partial charge in [0.05, 0.1) is 18.5 Å². The molecule has 27 heavy (non-hydrogen) atoms. The third-order valence-electron chi connectivity index (χ3n) is 5.91. The zero-order valence-electron chi connectivity index (χ0n) is 15.6. The maximum atomic E-state index is 12.9. The summed E-state index contributed by atoms with van der Waals surface area (Å²) in [5, 5.41) is 10.8. The second-order valence-corrected chi connectivity index (χ2v) is 7.87. The molecule has 1 saturated heterocycles. The molecule has 1 saturated carbocycles. The van der Waals surface area contributed by atoms with Crippen LogP contribution in [0, 0.1) is 6.92 Å². The van der Waals surface area contributed by atoms with E-state index in [9.17, 15) is 14.7 Å². The van der Waals surface area contributed by atoms with E-state index in [0.29, 0.717) is 49.7 Å². The van der Waals surface area contributed by atoms with Crippen molar-refractivity contribution in [2.45, 2.75) is 57.1 Å². The maximum absolute atomic E-state index is 12.9. The van der Waals surface area contributed by atoms with Crippen LogP contribution in [0.3, 0.4) is 0 Å². The quantitative estimate of drug-likeness (QED) is 0.889. The lowest BCUT2D eigenvalue weighted by Crippen LogP contribution is -2.49. The lowest BCUT2D eigenvalue weighted by Gasteiger charge is -2.38. The Labute approximate surface area is 157 Å². The molecule has 2 aromatic heterocycles. The third-order valence-corrected chi connectivity index (χ3v) is 5.91. The molecule has 4 rings (SSSR count). The molecule has 1 aliphatic heterocycles. The Morgan fingerprint density at radius 3 is 2.67 bits per heavy atom. The van der Waals surface area contributed by atoms with Crippen LogP contribution in [0.2, 0.25) is 0 Å². The van der Waals surface area contributed by atoms with Gasteiger partial charge in [0.25, 0.3) is 5.91 Å². The molecule has 7 nitrogen and oxygen atoms in total. The van der Waals surface area contributed by atoms with Crippen molar-refractivity contribution in [2.75, 3.05) is 13.1 Å². The Bertz CT molecular complexity index is 875. The molecule has 0 aromatic carbocycles. The van der Waals surface area contributed by atoms with Gasteiger partial charge in [-0.15, -0.1) is 0 Å². The zero-order chi connectivity index (χ0) is 19.0. The van der Waals surface area contributed by atoms with Crippen LogP contribution in [0.1, 0.15) is 59.7 Å². The van der Waals surface area contributed by atoms with Gasteiger partial charge >= 0.3 is 5.63 Å². The van der Waals surface area contributed by atoms with E-state index in [4.69, 9.17) is 4.42 Å². The van der Waals surface area contributed by atoms with E-state index in [-0.39, 0.29) is 11.5 Å². The van der Waals surface area contributed by atoms with Crippen molar-refractivity contribution in [1.29, 1.82) is 0 Å². The van der Waals surface area contributed by atoms with Gasteiger partial charge in [-0.05, 0) is 44.2 Å². The molecule has 0 radical (unpaired) electrons. The molecule has 0 unspecified atom stereocenters. The zero-order valence-corrected chi connectivity index (χ0v) is 15.6. The molecular weight excluding hydrogens is 346 g/mol. The van der Waals surface area contributed by atoms with E-state index in [1.807, 2.05) is 16.8 Å². The van der Waals surface area contributed by atoms with E-state index in [2.05, 4.69) is 4.98 Å². The number of carbonyl (C=O) groups excluding carboxylic acids is 1. The molecule has 2 fully saturated rings. The van der Waals surface area contributed by atoms with Gasteiger partial charge in [-0.2, -0.15) is 0 Å². The van der Waals surface area contributed by atoms with Crippen LogP contribution in [0.5, 0.6) is 0 Å². The predicted octanol–water partition coefficient (Wildman–Crippen LogP) is 2.08. The summed E-state index contributed by atoms with van der Waals surface area (Å²) >= 11 is 0. The number of aryl methyl sites for hydroxylation is 1. The fraction of sp³-hybridized carbons (Fsp3) is 0.550. The number of hydrogen-bond donors (Lipinski definition) is 1. The highest BCUT2D eigenvalue weighted by Gasteiger charge is 2.36. The van der Waals surface area contributed by atoms with Crippen molar-refractivity contribution in [3.05, 3.63) is 52.1 Å². The van der Waals surface area contributed by atoms with Crippen molar-refractivity contribution in [3.63, 3.8) is 0 Å². The molecular formula is C20H25N3O4. The minimum atomic E-state index is -0.870. The van der Waals surface area contributed by atoms with E-state index >= 15 is 0 Å². The van der Waals surface area contributed by atoms with Crippen LogP contribution in [-0.4, -0.2) is 44.2 Å². The summed E-state index contributed by atoms with van der Waals surface area (Å²) < 4.78 is 7.30. The first kappa shape index (κ1) is 18.0. The number of amides is 1. The molecule has 2 aromatic rings. The van der Waals surface area contributed by atoms with Crippen molar-refractivity contribution < 1.29 is 14.3 Å². The fourth-order valence-corrected chi connectivity index (χ4v) is 3.95. The summed E-state index contributed by atoms with van der Waals surface area (Å²) in [5.74, 6) is 0.716. The Hall–Kier alpha value is -2.41. The average Bonchev–Trinajstić information content (AvgIpc) is 3.05. The minimum Gasteiger partial charge on any atom is -0.427 e. The van der Waals surface area contributed by atoms with Gasteiger partial charge in [0.1, 0.15) is 11.3 Å². The number of nitrogens with zero attached hydrogens (tertiary/aromatic N) is 3. The first-order chi connectivity index (χ1) is 13.0. The van der Waals surface area contributed by atoms with Crippen molar-refractivity contribution in [1.82, 2.24) is 14.5 Å². The second kappa shape index (κ2) is 6.96. The number of aliphatic hydroxyl groups is 1. The third kappa shape index (κ3) is 3.56. The fourth-order valence-electron chi connectivity index (χ4n) is 3.95. The molecule has 144 valence electrons. The molecule has 1 N–H and O–H groups in total. The number of rotatable bonds is 4. The number of hydrogen-bond acceptors (Lipinski definition) is 5. The molecule has 7 heteroatoms. The monoisotopic (exact) mass is 371 g/mol. The smallest absolute Gasteiger partial charge is 0.349 e. The molecule has 0 spiro atoms. The summed E-state index contributed by atoms with van der Waals surface area (Å²) in [7, 11) is 0. The van der Waals surface area contributed by atoms with Gasteiger partial charge in [-0.1, -0.05) is 6.42 Å². The van der Waals surface area contributed by atoms with Gasteiger partial charge < -0.3 is 19.0 Å². The number of aromatic nitrogens is 2. The largest absolute Gasteiger partial charge is 0.427 e. The van der Waals surface area contributed by atoms with E-state index in [1.54, 1.807) is 24.3 Å². The SMILES string of the molecule is Cc1cc(C2CCC2)oc(=O)c1C(=O)N1CCC(O)(Cn2ccnc2)CC1. The second-order valence-electron chi connectivity index (χ2n) is 7.87. The number of carbonyl (C=O) groups is 1. The van der Waals surface area contributed by atoms with E-state index < -0.39 is 11.2 Å². The molecule has 0 bridgehead atoms. The minimum absolute atomic E-state index is 0.123. The van der Waals surface area contributed by atoms with Crippen LogP contribution < -0.4 is 5.63 Å². The van der Waals surface area contributed by atoms with Crippen LogP contribution in [0.15, 0.2) is 34.0 Å². The van der Waals surface area contributed by atoms with Crippen LogP contribution >= 0.6 is 0 Å². The number of likely N-dealkylation sites (tertiary alicyclic amines) is 1. The summed E-state index contributed by atoms with van der Waals surface area (Å²) in [6.45, 7) is 3.07. The molecule has 2 aliphatic rings. The van der Waals surface area contributed by atoms with Crippen molar-refractivity contribution in [3.8, 4) is 0 Å². The summed E-state index contributed by atoms with van der Waals surface area (Å²) in [6.07, 6.45) is 9.32. The molecule has 3 heterocycles. The van der Waals surface area contributed by atoms with Crippen LogP contribution in [0.4, 0.5) is 0 Å². The van der Waals surface area contributed by atoms with Crippen molar-refractivity contribution >= 4 is 5.91 Å².